The normalized spacial score (nSPS) is 21.0. The van der Waals surface area contributed by atoms with Crippen LogP contribution in [0.2, 0.25) is 0 Å². The molecular weight excluding hydrogens is 396 g/mol. The second-order valence-electron chi connectivity index (χ2n) is 8.42. The number of piperidine rings is 1. The summed E-state index contributed by atoms with van der Waals surface area (Å²) in [5.74, 6) is 0.865. The van der Waals surface area contributed by atoms with E-state index in [1.54, 1.807) is 21.8 Å². The average Bonchev–Trinajstić information content (AvgIpc) is 3.43. The molecule has 4 heterocycles. The number of aromatic nitrogens is 3. The first-order valence-electron chi connectivity index (χ1n) is 10.5. The SMILES string of the molecule is Cc1ccc2c(c1)C(=O)C[C@H]([C@@H]1CCCN(C(=O)c3cc(-c4cnn(C)c4)no3)C1)O2. The molecule has 0 saturated carbocycles. The highest BCUT2D eigenvalue weighted by atomic mass is 16.5. The van der Waals surface area contributed by atoms with Crippen LogP contribution >= 0.6 is 0 Å². The van der Waals surface area contributed by atoms with E-state index < -0.39 is 0 Å². The van der Waals surface area contributed by atoms with Gasteiger partial charge in [-0.3, -0.25) is 14.3 Å². The van der Waals surface area contributed by atoms with Crippen LogP contribution < -0.4 is 4.74 Å². The molecule has 31 heavy (non-hydrogen) atoms. The van der Waals surface area contributed by atoms with E-state index in [4.69, 9.17) is 9.26 Å². The standard InChI is InChI=1S/C23H24N4O4/c1-14-5-6-20-17(8-14)19(28)10-21(30-20)15-4-3-7-27(13-15)23(29)22-9-18(25-31-22)16-11-24-26(2)12-16/h5-6,8-9,11-12,15,21H,3-4,7,10,13H2,1-2H3/t15-,21-/m1/s1. The number of benzene rings is 1. The monoisotopic (exact) mass is 420 g/mol. The summed E-state index contributed by atoms with van der Waals surface area (Å²) in [4.78, 5) is 27.5. The van der Waals surface area contributed by atoms with Gasteiger partial charge in [0.25, 0.3) is 5.91 Å². The predicted octanol–water partition coefficient (Wildman–Crippen LogP) is 3.27. The Labute approximate surface area is 179 Å². The summed E-state index contributed by atoms with van der Waals surface area (Å²) in [7, 11) is 1.82. The van der Waals surface area contributed by atoms with E-state index >= 15 is 0 Å². The Balaban J connectivity index is 1.29. The van der Waals surface area contributed by atoms with Gasteiger partial charge in [-0.1, -0.05) is 16.8 Å². The van der Waals surface area contributed by atoms with Gasteiger partial charge in [0.15, 0.2) is 5.78 Å². The Morgan fingerprint density at radius 1 is 1.26 bits per heavy atom. The number of likely N-dealkylation sites (tertiary alicyclic amines) is 1. The summed E-state index contributed by atoms with van der Waals surface area (Å²) in [6.07, 6.45) is 5.39. The molecule has 2 atom stereocenters. The Morgan fingerprint density at radius 2 is 2.13 bits per heavy atom. The highest BCUT2D eigenvalue weighted by Crippen LogP contribution is 2.34. The molecule has 2 aliphatic rings. The number of hydrogen-bond acceptors (Lipinski definition) is 6. The van der Waals surface area contributed by atoms with Crippen LogP contribution in [0.3, 0.4) is 0 Å². The Hall–Kier alpha value is -3.42. The number of fused-ring (bicyclic) bond motifs is 1. The minimum absolute atomic E-state index is 0.0943. The fourth-order valence-electron chi connectivity index (χ4n) is 4.44. The molecule has 0 unspecified atom stereocenters. The van der Waals surface area contributed by atoms with Crippen LogP contribution in [-0.4, -0.2) is 50.7 Å². The number of rotatable bonds is 3. The van der Waals surface area contributed by atoms with Crippen molar-refractivity contribution in [1.82, 2.24) is 19.8 Å². The van der Waals surface area contributed by atoms with Crippen LogP contribution in [0, 0.1) is 12.8 Å². The van der Waals surface area contributed by atoms with Crippen LogP contribution in [0.4, 0.5) is 0 Å². The molecule has 0 radical (unpaired) electrons. The van der Waals surface area contributed by atoms with Gasteiger partial charge in [-0.05, 0) is 31.9 Å². The van der Waals surface area contributed by atoms with Gasteiger partial charge in [-0.2, -0.15) is 5.10 Å². The van der Waals surface area contributed by atoms with Crippen LogP contribution in [0.25, 0.3) is 11.3 Å². The molecule has 0 bridgehead atoms. The largest absolute Gasteiger partial charge is 0.489 e. The summed E-state index contributed by atoms with van der Waals surface area (Å²) in [6, 6.07) is 7.36. The zero-order chi connectivity index (χ0) is 21.5. The molecule has 8 nitrogen and oxygen atoms in total. The summed E-state index contributed by atoms with van der Waals surface area (Å²) in [5.41, 5.74) is 3.08. The lowest BCUT2D eigenvalue weighted by molar-refractivity contribution is 0.0387. The molecule has 0 spiro atoms. The molecule has 3 aromatic rings. The quantitative estimate of drug-likeness (QED) is 0.646. The maximum absolute atomic E-state index is 13.0. The van der Waals surface area contributed by atoms with Gasteiger partial charge in [0.05, 0.1) is 11.8 Å². The van der Waals surface area contributed by atoms with Gasteiger partial charge < -0.3 is 14.2 Å². The Bertz CT molecular complexity index is 1150. The highest BCUT2D eigenvalue weighted by Gasteiger charge is 2.36. The minimum Gasteiger partial charge on any atom is -0.489 e. The number of hydrogen-bond donors (Lipinski definition) is 0. The zero-order valence-electron chi connectivity index (χ0n) is 17.6. The van der Waals surface area contributed by atoms with Gasteiger partial charge in [-0.25, -0.2) is 0 Å². The van der Waals surface area contributed by atoms with E-state index in [1.165, 1.54) is 0 Å². The van der Waals surface area contributed by atoms with E-state index in [9.17, 15) is 9.59 Å². The molecule has 8 heteroatoms. The average molecular weight is 420 g/mol. The molecule has 160 valence electrons. The molecule has 1 fully saturated rings. The third-order valence-corrected chi connectivity index (χ3v) is 6.09. The number of carbonyl (C=O) groups is 2. The van der Waals surface area contributed by atoms with E-state index in [2.05, 4.69) is 10.3 Å². The van der Waals surface area contributed by atoms with Crippen molar-refractivity contribution in [3.63, 3.8) is 0 Å². The topological polar surface area (TPSA) is 90.5 Å². The molecular formula is C23H24N4O4. The van der Waals surface area contributed by atoms with Crippen molar-refractivity contribution < 1.29 is 18.8 Å². The molecule has 1 saturated heterocycles. The van der Waals surface area contributed by atoms with Crippen LogP contribution in [0.5, 0.6) is 5.75 Å². The lowest BCUT2D eigenvalue weighted by Gasteiger charge is -2.38. The van der Waals surface area contributed by atoms with E-state index in [1.807, 2.05) is 38.4 Å². The molecule has 2 aliphatic heterocycles. The smallest absolute Gasteiger partial charge is 0.292 e. The molecule has 0 aliphatic carbocycles. The van der Waals surface area contributed by atoms with Crippen LogP contribution in [0.1, 0.15) is 45.7 Å². The molecule has 5 rings (SSSR count). The Morgan fingerprint density at radius 3 is 2.94 bits per heavy atom. The lowest BCUT2D eigenvalue weighted by Crippen LogP contribution is -2.46. The second-order valence-corrected chi connectivity index (χ2v) is 8.42. The minimum atomic E-state index is -0.223. The maximum atomic E-state index is 13.0. The Kier molecular flexibility index (Phi) is 4.84. The van der Waals surface area contributed by atoms with Gasteiger partial charge in [-0.15, -0.1) is 0 Å². The summed E-state index contributed by atoms with van der Waals surface area (Å²) >= 11 is 0. The van der Waals surface area contributed by atoms with E-state index in [0.29, 0.717) is 36.5 Å². The van der Waals surface area contributed by atoms with Gasteiger partial charge in [0.1, 0.15) is 17.5 Å². The van der Waals surface area contributed by atoms with Gasteiger partial charge in [0.2, 0.25) is 5.76 Å². The van der Waals surface area contributed by atoms with Crippen molar-refractivity contribution in [2.75, 3.05) is 13.1 Å². The molecule has 1 amide bonds. The highest BCUT2D eigenvalue weighted by molar-refractivity contribution is 6.00. The molecule has 1 aromatic carbocycles. The number of amides is 1. The predicted molar refractivity (Wildman–Crippen MR) is 112 cm³/mol. The number of ketones is 1. The summed E-state index contributed by atoms with van der Waals surface area (Å²) in [6.45, 7) is 3.14. The zero-order valence-corrected chi connectivity index (χ0v) is 17.6. The third kappa shape index (κ3) is 3.73. The van der Waals surface area contributed by atoms with Crippen molar-refractivity contribution in [2.45, 2.75) is 32.3 Å². The number of nitrogens with zero attached hydrogens (tertiary/aromatic N) is 4. The first kappa shape index (κ1) is 19.5. The van der Waals surface area contributed by atoms with Crippen molar-refractivity contribution >= 4 is 11.7 Å². The fraction of sp³-hybridized carbons (Fsp3) is 0.391. The number of aryl methyl sites for hydroxylation is 2. The number of ether oxygens (including phenoxy) is 1. The first-order chi connectivity index (χ1) is 15.0. The summed E-state index contributed by atoms with van der Waals surface area (Å²) in [5, 5.41) is 8.15. The van der Waals surface area contributed by atoms with Crippen molar-refractivity contribution in [1.29, 1.82) is 0 Å². The van der Waals surface area contributed by atoms with E-state index in [-0.39, 0.29) is 29.5 Å². The number of Topliss-reactive ketones (excluding diaryl/α,β-unsaturated/α-hetero) is 1. The van der Waals surface area contributed by atoms with Crippen molar-refractivity contribution in [2.24, 2.45) is 13.0 Å². The first-order valence-corrected chi connectivity index (χ1v) is 10.5. The van der Waals surface area contributed by atoms with Gasteiger partial charge >= 0.3 is 0 Å². The fourth-order valence-corrected chi connectivity index (χ4v) is 4.44. The van der Waals surface area contributed by atoms with Crippen molar-refractivity contribution in [3.8, 4) is 17.0 Å². The second kappa shape index (κ2) is 7.68. The summed E-state index contributed by atoms with van der Waals surface area (Å²) < 4.78 is 13.2. The van der Waals surface area contributed by atoms with Crippen molar-refractivity contribution in [3.05, 3.63) is 53.5 Å². The molecule has 2 aromatic heterocycles. The number of carbonyl (C=O) groups excluding carboxylic acids is 2. The third-order valence-electron chi connectivity index (χ3n) is 6.09. The van der Waals surface area contributed by atoms with E-state index in [0.717, 1.165) is 24.0 Å². The van der Waals surface area contributed by atoms with Crippen LogP contribution in [-0.2, 0) is 7.05 Å². The van der Waals surface area contributed by atoms with Gasteiger partial charge in [0, 0.05) is 50.3 Å². The maximum Gasteiger partial charge on any atom is 0.292 e. The lowest BCUT2D eigenvalue weighted by atomic mass is 9.86. The van der Waals surface area contributed by atoms with Crippen LogP contribution in [0.15, 0.2) is 41.2 Å². The molecule has 0 N–H and O–H groups in total.